The minimum absolute atomic E-state index is 0.0654. The first kappa shape index (κ1) is 20.1. The molecule has 0 unspecified atom stereocenters. The van der Waals surface area contributed by atoms with Crippen molar-refractivity contribution in [1.29, 1.82) is 0 Å². The van der Waals surface area contributed by atoms with Crippen molar-refractivity contribution in [2.75, 3.05) is 19.0 Å². The van der Waals surface area contributed by atoms with Crippen LogP contribution in [0.1, 0.15) is 18.3 Å². The number of hydrogen-bond donors (Lipinski definition) is 2. The molecule has 1 aliphatic rings. The van der Waals surface area contributed by atoms with Crippen LogP contribution >= 0.6 is 0 Å². The van der Waals surface area contributed by atoms with Gasteiger partial charge >= 0.3 is 0 Å². The Kier molecular flexibility index (Phi) is 6.11. The molecule has 0 saturated carbocycles. The molecule has 2 aromatic carbocycles. The summed E-state index contributed by atoms with van der Waals surface area (Å²) in [6.45, 7) is 4.28. The van der Waals surface area contributed by atoms with Gasteiger partial charge in [-0.25, -0.2) is 4.98 Å². The number of anilines is 1. The summed E-state index contributed by atoms with van der Waals surface area (Å²) in [5.41, 5.74) is 3.98. The zero-order valence-corrected chi connectivity index (χ0v) is 17.2. The third-order valence-corrected chi connectivity index (χ3v) is 5.07. The quantitative estimate of drug-likeness (QED) is 0.630. The molecule has 0 spiro atoms. The number of ether oxygens (including phenoxy) is 2. The predicted octanol–water partition coefficient (Wildman–Crippen LogP) is 3.21. The lowest BCUT2D eigenvalue weighted by molar-refractivity contribution is -0.114. The Hall–Kier alpha value is -3.16. The fourth-order valence-electron chi connectivity index (χ4n) is 3.50. The Morgan fingerprint density at radius 3 is 2.67 bits per heavy atom. The van der Waals surface area contributed by atoms with Gasteiger partial charge in [-0.3, -0.25) is 4.79 Å². The molecular weight excluding hydrogens is 380 g/mol. The second-order valence-corrected chi connectivity index (χ2v) is 7.37. The average Bonchev–Trinajstić information content (AvgIpc) is 3.18. The van der Waals surface area contributed by atoms with E-state index in [-0.39, 0.29) is 12.0 Å². The van der Waals surface area contributed by atoms with Gasteiger partial charge in [0, 0.05) is 37.5 Å². The van der Waals surface area contributed by atoms with Crippen molar-refractivity contribution < 1.29 is 14.3 Å². The highest BCUT2D eigenvalue weighted by Gasteiger charge is 2.21. The molecule has 0 aliphatic carbocycles. The third kappa shape index (κ3) is 4.87. The molecule has 4 rings (SSSR count). The van der Waals surface area contributed by atoms with E-state index in [4.69, 9.17) is 14.5 Å². The van der Waals surface area contributed by atoms with Crippen molar-refractivity contribution in [2.24, 2.45) is 0 Å². The molecule has 30 heavy (non-hydrogen) atoms. The summed E-state index contributed by atoms with van der Waals surface area (Å²) in [7, 11) is 1.66. The number of fused-ring (bicyclic) bond motifs is 1. The normalized spacial score (nSPS) is 15.5. The summed E-state index contributed by atoms with van der Waals surface area (Å²) in [5.74, 6) is 1.72. The van der Waals surface area contributed by atoms with Crippen molar-refractivity contribution >= 4 is 11.6 Å². The molecule has 0 fully saturated rings. The number of carbonyl (C=O) groups excluding carboxylic acids is 1. The molecule has 7 nitrogen and oxygen atoms in total. The first-order valence-corrected chi connectivity index (χ1v) is 10.00. The van der Waals surface area contributed by atoms with Gasteiger partial charge in [-0.2, -0.15) is 0 Å². The number of rotatable bonds is 7. The zero-order chi connectivity index (χ0) is 20.9. The van der Waals surface area contributed by atoms with Crippen molar-refractivity contribution in [1.82, 2.24) is 14.9 Å². The van der Waals surface area contributed by atoms with Gasteiger partial charge in [0.15, 0.2) is 0 Å². The molecule has 0 saturated heterocycles. The van der Waals surface area contributed by atoms with Gasteiger partial charge in [0.05, 0.1) is 25.5 Å². The van der Waals surface area contributed by atoms with Crippen LogP contribution in [-0.2, 0) is 29.2 Å². The van der Waals surface area contributed by atoms with E-state index in [2.05, 4.69) is 21.4 Å². The van der Waals surface area contributed by atoms with Crippen LogP contribution in [0.4, 0.5) is 5.69 Å². The second-order valence-electron chi connectivity index (χ2n) is 7.37. The van der Waals surface area contributed by atoms with Crippen molar-refractivity contribution in [3.63, 3.8) is 0 Å². The van der Waals surface area contributed by atoms with Crippen LogP contribution < -0.4 is 15.4 Å². The lowest BCUT2D eigenvalue weighted by atomic mass is 10.1. The highest BCUT2D eigenvalue weighted by molar-refractivity contribution is 5.88. The van der Waals surface area contributed by atoms with Crippen LogP contribution in [0, 0.1) is 0 Å². The molecule has 1 amide bonds. The van der Waals surface area contributed by atoms with Crippen LogP contribution in [0.15, 0.2) is 54.7 Å². The molecular formula is C23H26N4O3. The van der Waals surface area contributed by atoms with E-state index in [0.29, 0.717) is 6.61 Å². The predicted molar refractivity (Wildman–Crippen MR) is 115 cm³/mol. The third-order valence-electron chi connectivity index (χ3n) is 5.07. The summed E-state index contributed by atoms with van der Waals surface area (Å²) in [6, 6.07) is 15.8. The summed E-state index contributed by atoms with van der Waals surface area (Å²) in [6.07, 6.45) is 2.18. The van der Waals surface area contributed by atoms with Crippen LogP contribution in [-0.4, -0.2) is 35.2 Å². The number of methoxy groups -OCH3 is 1. The average molecular weight is 406 g/mol. The largest absolute Gasteiger partial charge is 0.497 e. The molecule has 0 radical (unpaired) electrons. The van der Waals surface area contributed by atoms with Gasteiger partial charge in [-0.15, -0.1) is 0 Å². The highest BCUT2D eigenvalue weighted by atomic mass is 16.5. The van der Waals surface area contributed by atoms with Gasteiger partial charge in [-0.1, -0.05) is 12.1 Å². The van der Waals surface area contributed by atoms with Crippen molar-refractivity contribution in [3.05, 3.63) is 66.1 Å². The second kappa shape index (κ2) is 9.11. The molecule has 2 heterocycles. The molecule has 1 aromatic heterocycles. The summed E-state index contributed by atoms with van der Waals surface area (Å²) in [5, 5.41) is 6.23. The van der Waals surface area contributed by atoms with Gasteiger partial charge in [0.1, 0.15) is 18.2 Å². The van der Waals surface area contributed by atoms with E-state index < -0.39 is 0 Å². The fraction of sp³-hybridized carbons (Fsp3) is 0.304. The Balaban J connectivity index is 1.30. The Morgan fingerprint density at radius 1 is 1.20 bits per heavy atom. The maximum atomic E-state index is 11.1. The number of aromatic nitrogens is 2. The van der Waals surface area contributed by atoms with E-state index in [9.17, 15) is 4.79 Å². The van der Waals surface area contributed by atoms with Crippen LogP contribution in [0.25, 0.3) is 11.3 Å². The Morgan fingerprint density at radius 2 is 1.97 bits per heavy atom. The molecule has 3 aromatic rings. The number of amides is 1. The highest BCUT2D eigenvalue weighted by Crippen LogP contribution is 2.24. The first-order valence-electron chi connectivity index (χ1n) is 10.00. The molecule has 2 N–H and O–H groups in total. The fourth-order valence-corrected chi connectivity index (χ4v) is 3.50. The number of imidazole rings is 1. The van der Waals surface area contributed by atoms with Crippen LogP contribution in [0.2, 0.25) is 0 Å². The number of benzene rings is 2. The van der Waals surface area contributed by atoms with E-state index in [1.165, 1.54) is 6.92 Å². The molecule has 1 aliphatic heterocycles. The van der Waals surface area contributed by atoms with E-state index >= 15 is 0 Å². The maximum Gasteiger partial charge on any atom is 0.221 e. The summed E-state index contributed by atoms with van der Waals surface area (Å²) >= 11 is 0. The van der Waals surface area contributed by atoms with Crippen molar-refractivity contribution in [3.8, 4) is 17.0 Å². The standard InChI is InChI=1S/C23H26N4O3/c1-16(28)25-19-7-3-17(4-8-19)11-24-12-21-13-27-14-22(26-23(27)15-30-21)18-5-9-20(29-2)10-6-18/h3-10,14,21,24H,11-13,15H2,1-2H3,(H,25,28)/t21-/m0/s1. The topological polar surface area (TPSA) is 77.4 Å². The SMILES string of the molecule is COc1ccc(-c2cn3c(n2)CO[C@@H](CNCc2ccc(NC(C)=O)cc2)C3)cc1. The number of nitrogens with one attached hydrogen (secondary N) is 2. The first-order chi connectivity index (χ1) is 14.6. The zero-order valence-electron chi connectivity index (χ0n) is 17.2. The smallest absolute Gasteiger partial charge is 0.221 e. The number of carbonyl (C=O) groups is 1. The van der Waals surface area contributed by atoms with E-state index in [0.717, 1.165) is 53.7 Å². The van der Waals surface area contributed by atoms with Crippen LogP contribution in [0.3, 0.4) is 0 Å². The molecule has 0 bridgehead atoms. The van der Waals surface area contributed by atoms with Crippen LogP contribution in [0.5, 0.6) is 5.75 Å². The molecule has 1 atom stereocenters. The Labute approximate surface area is 176 Å². The number of nitrogens with zero attached hydrogens (tertiary/aromatic N) is 2. The summed E-state index contributed by atoms with van der Waals surface area (Å²) < 4.78 is 13.4. The summed E-state index contributed by atoms with van der Waals surface area (Å²) in [4.78, 5) is 15.8. The monoisotopic (exact) mass is 406 g/mol. The minimum Gasteiger partial charge on any atom is -0.497 e. The molecule has 7 heteroatoms. The number of hydrogen-bond acceptors (Lipinski definition) is 5. The molecule has 156 valence electrons. The lowest BCUT2D eigenvalue weighted by Crippen LogP contribution is -2.35. The van der Waals surface area contributed by atoms with E-state index in [1.807, 2.05) is 48.5 Å². The van der Waals surface area contributed by atoms with E-state index in [1.54, 1.807) is 7.11 Å². The maximum absolute atomic E-state index is 11.1. The Bertz CT molecular complexity index is 996. The van der Waals surface area contributed by atoms with Crippen molar-refractivity contribution in [2.45, 2.75) is 32.7 Å². The van der Waals surface area contributed by atoms with Gasteiger partial charge in [0.2, 0.25) is 5.91 Å². The lowest BCUT2D eigenvalue weighted by Gasteiger charge is -2.24. The minimum atomic E-state index is -0.0654. The van der Waals surface area contributed by atoms with Gasteiger partial charge in [-0.05, 0) is 42.0 Å². The van der Waals surface area contributed by atoms with Gasteiger partial charge < -0.3 is 24.7 Å². The van der Waals surface area contributed by atoms with Gasteiger partial charge in [0.25, 0.3) is 0 Å².